The van der Waals surface area contributed by atoms with Crippen LogP contribution in [0.2, 0.25) is 0 Å². The van der Waals surface area contributed by atoms with E-state index in [4.69, 9.17) is 15.2 Å². The third kappa shape index (κ3) is 2.78. The highest BCUT2D eigenvalue weighted by atomic mass is 16.6. The Morgan fingerprint density at radius 3 is 2.32 bits per heavy atom. The first kappa shape index (κ1) is 14.0. The Balaban J connectivity index is 2.33. The van der Waals surface area contributed by atoms with Crippen LogP contribution < -0.4 is 20.1 Å². The largest absolute Gasteiger partial charge is 0.486 e. The number of aryl methyl sites for hydroxylation is 1. The van der Waals surface area contributed by atoms with Crippen molar-refractivity contribution in [3.05, 3.63) is 17.7 Å². The van der Waals surface area contributed by atoms with Gasteiger partial charge in [-0.25, -0.2) is 0 Å². The van der Waals surface area contributed by atoms with E-state index < -0.39 is 0 Å². The third-order valence-electron chi connectivity index (χ3n) is 3.75. The van der Waals surface area contributed by atoms with Crippen LogP contribution in [-0.2, 0) is 0 Å². The zero-order chi connectivity index (χ0) is 14.0. The Morgan fingerprint density at radius 1 is 1.21 bits per heavy atom. The van der Waals surface area contributed by atoms with Gasteiger partial charge in [-0.05, 0) is 24.5 Å². The maximum atomic E-state index is 5.90. The average molecular weight is 264 g/mol. The predicted octanol–water partition coefficient (Wildman–Crippen LogP) is 2.19. The zero-order valence-corrected chi connectivity index (χ0v) is 12.3. The van der Waals surface area contributed by atoms with Gasteiger partial charge in [0.1, 0.15) is 13.2 Å². The van der Waals surface area contributed by atoms with Crippen molar-refractivity contribution < 1.29 is 9.47 Å². The molecule has 0 radical (unpaired) electrons. The molecular weight excluding hydrogens is 240 g/mol. The number of anilines is 1. The fraction of sp³-hybridized carbons (Fsp3) is 0.600. The zero-order valence-electron chi connectivity index (χ0n) is 12.3. The molecule has 106 valence electrons. The van der Waals surface area contributed by atoms with Crippen LogP contribution in [0.1, 0.15) is 19.4 Å². The number of nitrogens with zero attached hydrogens (tertiary/aromatic N) is 1. The van der Waals surface area contributed by atoms with E-state index in [1.54, 1.807) is 0 Å². The quantitative estimate of drug-likeness (QED) is 0.905. The minimum absolute atomic E-state index is 0.321. The number of hydrogen-bond acceptors (Lipinski definition) is 4. The Kier molecular flexibility index (Phi) is 4.20. The first-order chi connectivity index (χ1) is 9.04. The molecule has 4 nitrogen and oxygen atoms in total. The lowest BCUT2D eigenvalue weighted by Crippen LogP contribution is -2.42. The molecule has 0 saturated carbocycles. The third-order valence-corrected chi connectivity index (χ3v) is 3.75. The average Bonchev–Trinajstić information content (AvgIpc) is 2.38. The van der Waals surface area contributed by atoms with E-state index in [-0.39, 0.29) is 0 Å². The van der Waals surface area contributed by atoms with E-state index in [0.29, 0.717) is 31.7 Å². The van der Waals surface area contributed by atoms with E-state index in [1.807, 2.05) is 6.07 Å². The molecule has 1 aromatic carbocycles. The van der Waals surface area contributed by atoms with Gasteiger partial charge in [0, 0.05) is 31.4 Å². The van der Waals surface area contributed by atoms with Crippen LogP contribution in [-0.4, -0.2) is 32.8 Å². The lowest BCUT2D eigenvalue weighted by molar-refractivity contribution is 0.171. The topological polar surface area (TPSA) is 47.7 Å². The molecule has 19 heavy (non-hydrogen) atoms. The monoisotopic (exact) mass is 264 g/mol. The molecule has 0 aromatic heterocycles. The lowest BCUT2D eigenvalue weighted by atomic mass is 10.0. The number of likely N-dealkylation sites (N-methyl/N-ethyl adjacent to an activating group) is 1. The van der Waals surface area contributed by atoms with Gasteiger partial charge in [0.2, 0.25) is 0 Å². The summed E-state index contributed by atoms with van der Waals surface area (Å²) in [5, 5.41) is 0. The van der Waals surface area contributed by atoms with Gasteiger partial charge < -0.3 is 20.1 Å². The molecular formula is C15H24N2O2. The van der Waals surface area contributed by atoms with E-state index in [1.165, 1.54) is 5.56 Å². The lowest BCUT2D eigenvalue weighted by Gasteiger charge is -2.34. The number of hydrogen-bond donors (Lipinski definition) is 1. The summed E-state index contributed by atoms with van der Waals surface area (Å²) in [4.78, 5) is 2.25. The van der Waals surface area contributed by atoms with Crippen LogP contribution >= 0.6 is 0 Å². The highest BCUT2D eigenvalue weighted by molar-refractivity contribution is 5.62. The van der Waals surface area contributed by atoms with Gasteiger partial charge >= 0.3 is 0 Å². The highest BCUT2D eigenvalue weighted by Crippen LogP contribution is 2.37. The second-order valence-corrected chi connectivity index (χ2v) is 5.44. The summed E-state index contributed by atoms with van der Waals surface area (Å²) in [6.07, 6.45) is 0. The van der Waals surface area contributed by atoms with Crippen LogP contribution in [0.25, 0.3) is 0 Å². The molecule has 0 bridgehead atoms. The summed E-state index contributed by atoms with van der Waals surface area (Å²) >= 11 is 0. The van der Waals surface area contributed by atoms with Gasteiger partial charge in [0.05, 0.1) is 0 Å². The normalized spacial score (nSPS) is 15.5. The second kappa shape index (κ2) is 5.70. The summed E-state index contributed by atoms with van der Waals surface area (Å²) < 4.78 is 11.3. The van der Waals surface area contributed by atoms with Crippen molar-refractivity contribution in [2.24, 2.45) is 11.7 Å². The molecule has 1 aliphatic heterocycles. The maximum Gasteiger partial charge on any atom is 0.163 e. The van der Waals surface area contributed by atoms with Gasteiger partial charge in [0.25, 0.3) is 0 Å². The van der Waals surface area contributed by atoms with Crippen molar-refractivity contribution in [2.45, 2.75) is 26.8 Å². The number of benzene rings is 1. The smallest absolute Gasteiger partial charge is 0.163 e. The fourth-order valence-corrected chi connectivity index (χ4v) is 2.62. The molecule has 1 unspecified atom stereocenters. The van der Waals surface area contributed by atoms with E-state index in [9.17, 15) is 0 Å². The summed E-state index contributed by atoms with van der Waals surface area (Å²) in [7, 11) is 2.09. The van der Waals surface area contributed by atoms with Crippen LogP contribution in [0.15, 0.2) is 12.1 Å². The Bertz CT molecular complexity index is 446. The molecule has 1 aliphatic rings. The fourth-order valence-electron chi connectivity index (χ4n) is 2.62. The Hall–Kier alpha value is -1.42. The molecule has 1 atom stereocenters. The second-order valence-electron chi connectivity index (χ2n) is 5.44. The molecule has 2 rings (SSSR count). The Labute approximate surface area is 115 Å². The molecule has 0 spiro atoms. The molecule has 4 heteroatoms. The van der Waals surface area contributed by atoms with Gasteiger partial charge in [-0.15, -0.1) is 0 Å². The number of fused-ring (bicyclic) bond motifs is 1. The van der Waals surface area contributed by atoms with Gasteiger partial charge in [-0.2, -0.15) is 0 Å². The number of rotatable bonds is 4. The molecule has 0 aliphatic carbocycles. The van der Waals surface area contributed by atoms with Crippen LogP contribution in [0.3, 0.4) is 0 Å². The van der Waals surface area contributed by atoms with Crippen molar-refractivity contribution >= 4 is 5.69 Å². The number of ether oxygens (including phenoxy) is 2. The van der Waals surface area contributed by atoms with Crippen molar-refractivity contribution in [3.63, 3.8) is 0 Å². The Morgan fingerprint density at radius 2 is 1.79 bits per heavy atom. The minimum atomic E-state index is 0.321. The van der Waals surface area contributed by atoms with Crippen LogP contribution in [0.4, 0.5) is 5.69 Å². The molecule has 0 amide bonds. The molecule has 2 N–H and O–H groups in total. The summed E-state index contributed by atoms with van der Waals surface area (Å²) in [6, 6.07) is 4.43. The van der Waals surface area contributed by atoms with Crippen LogP contribution in [0, 0.1) is 12.8 Å². The molecule has 0 saturated heterocycles. The summed E-state index contributed by atoms with van der Waals surface area (Å²) in [6.45, 7) is 8.37. The van der Waals surface area contributed by atoms with E-state index in [0.717, 1.165) is 17.2 Å². The van der Waals surface area contributed by atoms with Crippen molar-refractivity contribution in [1.82, 2.24) is 0 Å². The highest BCUT2D eigenvalue weighted by Gasteiger charge is 2.21. The summed E-state index contributed by atoms with van der Waals surface area (Å²) in [5.74, 6) is 2.18. The maximum absolute atomic E-state index is 5.90. The standard InChI is InChI=1S/C15H24N2O2/c1-10(2)13(9-16)17(4)12-8-15-14(7-11(12)3)18-5-6-19-15/h7-8,10,13H,5-6,9,16H2,1-4H3. The van der Waals surface area contributed by atoms with Gasteiger partial charge in [-0.1, -0.05) is 13.8 Å². The van der Waals surface area contributed by atoms with Crippen molar-refractivity contribution in [1.29, 1.82) is 0 Å². The summed E-state index contributed by atoms with van der Waals surface area (Å²) in [5.41, 5.74) is 8.25. The van der Waals surface area contributed by atoms with Crippen molar-refractivity contribution in [2.75, 3.05) is 31.7 Å². The predicted molar refractivity (Wildman–Crippen MR) is 78.3 cm³/mol. The first-order valence-electron chi connectivity index (χ1n) is 6.87. The molecule has 0 fully saturated rings. The SMILES string of the molecule is Cc1cc2c(cc1N(C)C(CN)C(C)C)OCCO2. The van der Waals surface area contributed by atoms with E-state index in [2.05, 4.69) is 38.8 Å². The molecule has 1 heterocycles. The van der Waals surface area contributed by atoms with Gasteiger partial charge in [-0.3, -0.25) is 0 Å². The van der Waals surface area contributed by atoms with Crippen molar-refractivity contribution in [3.8, 4) is 11.5 Å². The first-order valence-corrected chi connectivity index (χ1v) is 6.87. The van der Waals surface area contributed by atoms with E-state index >= 15 is 0 Å². The molecule has 1 aromatic rings. The minimum Gasteiger partial charge on any atom is -0.486 e. The van der Waals surface area contributed by atoms with Gasteiger partial charge in [0.15, 0.2) is 11.5 Å². The number of nitrogens with two attached hydrogens (primary N) is 1. The van der Waals surface area contributed by atoms with Crippen LogP contribution in [0.5, 0.6) is 11.5 Å².